The van der Waals surface area contributed by atoms with Gasteiger partial charge in [0.05, 0.1) is 12.8 Å². The zero-order valence-electron chi connectivity index (χ0n) is 18.3. The molecule has 0 aliphatic rings. The number of nitrogens with one attached hydrogen (secondary N) is 1. The fraction of sp³-hybridized carbons (Fsp3) is 0.200. The van der Waals surface area contributed by atoms with Crippen LogP contribution >= 0.6 is 0 Å². The summed E-state index contributed by atoms with van der Waals surface area (Å²) in [5, 5.41) is 8.80. The van der Waals surface area contributed by atoms with Gasteiger partial charge in [-0.05, 0) is 55.2 Å². The first-order valence-corrected chi connectivity index (χ1v) is 10.6. The van der Waals surface area contributed by atoms with Crippen molar-refractivity contribution in [3.8, 4) is 0 Å². The Balaban J connectivity index is 1.29. The molecule has 1 N–H and O–H groups in total. The third-order valence-electron chi connectivity index (χ3n) is 5.83. The molecule has 33 heavy (non-hydrogen) atoms. The number of amides is 1. The van der Waals surface area contributed by atoms with E-state index < -0.39 is 5.63 Å². The third-order valence-corrected chi connectivity index (χ3v) is 5.83. The van der Waals surface area contributed by atoms with Crippen LogP contribution in [0, 0.1) is 13.8 Å². The molecule has 0 saturated carbocycles. The number of hydrogen-bond acceptors (Lipinski definition) is 6. The van der Waals surface area contributed by atoms with Crippen molar-refractivity contribution >= 4 is 33.5 Å². The van der Waals surface area contributed by atoms with Gasteiger partial charge < -0.3 is 14.2 Å². The molecule has 3 aromatic heterocycles. The number of aromatic nitrogens is 3. The maximum Gasteiger partial charge on any atom is 0.339 e. The van der Waals surface area contributed by atoms with Crippen LogP contribution in [0.15, 0.2) is 68.9 Å². The molecule has 5 rings (SSSR count). The van der Waals surface area contributed by atoms with Crippen LogP contribution in [0.5, 0.6) is 0 Å². The van der Waals surface area contributed by atoms with Crippen LogP contribution in [0.1, 0.15) is 28.7 Å². The van der Waals surface area contributed by atoms with Crippen molar-refractivity contribution < 1.29 is 13.6 Å². The number of carbonyl (C=O) groups excluding carboxylic acids is 1. The number of carbonyl (C=O) groups is 1. The lowest BCUT2D eigenvalue weighted by Crippen LogP contribution is -2.16. The van der Waals surface area contributed by atoms with Crippen molar-refractivity contribution in [2.24, 2.45) is 0 Å². The maximum absolute atomic E-state index is 12.6. The van der Waals surface area contributed by atoms with E-state index in [1.54, 1.807) is 23.3 Å². The fourth-order valence-electron chi connectivity index (χ4n) is 3.98. The van der Waals surface area contributed by atoms with Crippen LogP contribution in [-0.2, 0) is 17.8 Å². The predicted molar refractivity (Wildman–Crippen MR) is 124 cm³/mol. The normalized spacial score (nSPS) is 11.3. The van der Waals surface area contributed by atoms with Gasteiger partial charge in [-0.3, -0.25) is 4.79 Å². The zero-order valence-corrected chi connectivity index (χ0v) is 18.3. The van der Waals surface area contributed by atoms with Gasteiger partial charge in [0.2, 0.25) is 5.91 Å². The quantitative estimate of drug-likeness (QED) is 0.392. The molecule has 0 atom stereocenters. The Labute approximate surface area is 188 Å². The standard InChI is InChI=1S/C25H22N4O4/c1-15-12-32-22-10-23-21(9-20(15)22)16(2)19(25(31)33-23)7-8-24(30)28-18-5-3-17(4-6-18)11-29-14-26-13-27-29/h3-6,9-10,12-14H,7-8,11H2,1-2H3,(H,28,30). The topological polar surface area (TPSA) is 103 Å². The van der Waals surface area contributed by atoms with E-state index in [0.717, 1.165) is 27.5 Å². The van der Waals surface area contributed by atoms with Crippen LogP contribution in [0.4, 0.5) is 5.69 Å². The minimum absolute atomic E-state index is 0.168. The molecule has 166 valence electrons. The van der Waals surface area contributed by atoms with E-state index in [0.29, 0.717) is 35.4 Å². The summed E-state index contributed by atoms with van der Waals surface area (Å²) in [5.41, 5.74) is 4.85. The summed E-state index contributed by atoms with van der Waals surface area (Å²) in [6.07, 6.45) is 5.29. The number of anilines is 1. The second-order valence-electron chi connectivity index (χ2n) is 8.09. The molecule has 2 aromatic carbocycles. The summed E-state index contributed by atoms with van der Waals surface area (Å²) in [6.45, 7) is 4.47. The van der Waals surface area contributed by atoms with Crippen molar-refractivity contribution in [1.29, 1.82) is 0 Å². The van der Waals surface area contributed by atoms with Gasteiger partial charge in [0.25, 0.3) is 0 Å². The lowest BCUT2D eigenvalue weighted by molar-refractivity contribution is -0.116. The summed E-state index contributed by atoms with van der Waals surface area (Å²) in [6, 6.07) is 11.3. The molecule has 8 nitrogen and oxygen atoms in total. The average Bonchev–Trinajstić information content (AvgIpc) is 3.43. The minimum atomic E-state index is -0.423. The SMILES string of the molecule is Cc1coc2cc3oc(=O)c(CCC(=O)Nc4ccc(Cn5cncn5)cc4)c(C)c3cc12. The molecule has 0 radical (unpaired) electrons. The second-order valence-corrected chi connectivity index (χ2v) is 8.09. The molecular weight excluding hydrogens is 420 g/mol. The van der Waals surface area contributed by atoms with E-state index in [9.17, 15) is 9.59 Å². The van der Waals surface area contributed by atoms with Gasteiger partial charge in [-0.1, -0.05) is 12.1 Å². The van der Waals surface area contributed by atoms with Gasteiger partial charge in [-0.2, -0.15) is 5.10 Å². The lowest BCUT2D eigenvalue weighted by Gasteiger charge is -2.09. The average molecular weight is 442 g/mol. The highest BCUT2D eigenvalue weighted by Gasteiger charge is 2.15. The van der Waals surface area contributed by atoms with Crippen LogP contribution < -0.4 is 10.9 Å². The maximum atomic E-state index is 12.6. The third kappa shape index (κ3) is 4.15. The zero-order chi connectivity index (χ0) is 22.9. The molecule has 0 aliphatic heterocycles. The highest BCUT2D eigenvalue weighted by atomic mass is 16.4. The first-order valence-electron chi connectivity index (χ1n) is 10.6. The van der Waals surface area contributed by atoms with E-state index >= 15 is 0 Å². The highest BCUT2D eigenvalue weighted by Crippen LogP contribution is 2.29. The molecule has 8 heteroatoms. The Morgan fingerprint density at radius 2 is 1.91 bits per heavy atom. The molecular formula is C25H22N4O4. The van der Waals surface area contributed by atoms with E-state index in [1.165, 1.54) is 6.33 Å². The number of aryl methyl sites for hydroxylation is 2. The Hall–Kier alpha value is -4.20. The summed E-state index contributed by atoms with van der Waals surface area (Å²) in [5.74, 6) is -0.168. The van der Waals surface area contributed by atoms with Crippen LogP contribution in [-0.4, -0.2) is 20.7 Å². The summed E-state index contributed by atoms with van der Waals surface area (Å²) < 4.78 is 12.8. The van der Waals surface area contributed by atoms with Gasteiger partial charge >= 0.3 is 5.63 Å². The number of furan rings is 1. The van der Waals surface area contributed by atoms with Gasteiger partial charge in [-0.25, -0.2) is 14.5 Å². The van der Waals surface area contributed by atoms with Gasteiger partial charge in [0.1, 0.15) is 23.8 Å². The van der Waals surface area contributed by atoms with Gasteiger partial charge in [0.15, 0.2) is 0 Å². The smallest absolute Gasteiger partial charge is 0.339 e. The Morgan fingerprint density at radius 1 is 1.09 bits per heavy atom. The first kappa shape index (κ1) is 20.7. The molecule has 1 amide bonds. The Bertz CT molecular complexity index is 1510. The molecule has 0 fully saturated rings. The Kier molecular flexibility index (Phi) is 5.26. The highest BCUT2D eigenvalue weighted by molar-refractivity contribution is 5.96. The number of nitrogens with zero attached hydrogens (tertiary/aromatic N) is 3. The van der Waals surface area contributed by atoms with Crippen LogP contribution in [0.25, 0.3) is 21.9 Å². The van der Waals surface area contributed by atoms with E-state index in [4.69, 9.17) is 8.83 Å². The lowest BCUT2D eigenvalue weighted by atomic mass is 10.0. The first-order chi connectivity index (χ1) is 16.0. The summed E-state index contributed by atoms with van der Waals surface area (Å²) in [7, 11) is 0. The molecule has 0 bridgehead atoms. The van der Waals surface area contributed by atoms with Crippen molar-refractivity contribution in [1.82, 2.24) is 14.8 Å². The number of benzene rings is 2. The van der Waals surface area contributed by atoms with Crippen molar-refractivity contribution in [3.63, 3.8) is 0 Å². The molecule has 5 aromatic rings. The van der Waals surface area contributed by atoms with Gasteiger partial charge in [0, 0.05) is 34.5 Å². The van der Waals surface area contributed by atoms with Crippen LogP contribution in [0.3, 0.4) is 0 Å². The molecule has 0 spiro atoms. The molecule has 0 unspecified atom stereocenters. The number of rotatable bonds is 6. The van der Waals surface area contributed by atoms with Gasteiger partial charge in [-0.15, -0.1) is 0 Å². The monoisotopic (exact) mass is 442 g/mol. The van der Waals surface area contributed by atoms with Crippen molar-refractivity contribution in [3.05, 3.63) is 88.0 Å². The van der Waals surface area contributed by atoms with E-state index in [2.05, 4.69) is 15.4 Å². The Morgan fingerprint density at radius 3 is 2.67 bits per heavy atom. The van der Waals surface area contributed by atoms with Crippen LogP contribution in [0.2, 0.25) is 0 Å². The largest absolute Gasteiger partial charge is 0.464 e. The predicted octanol–water partition coefficient (Wildman–Crippen LogP) is 4.37. The van der Waals surface area contributed by atoms with Crippen molar-refractivity contribution in [2.75, 3.05) is 5.32 Å². The number of fused-ring (bicyclic) bond motifs is 2. The fourth-order valence-corrected chi connectivity index (χ4v) is 3.98. The summed E-state index contributed by atoms with van der Waals surface area (Å²) >= 11 is 0. The molecule has 3 heterocycles. The van der Waals surface area contributed by atoms with Crippen molar-refractivity contribution in [2.45, 2.75) is 33.2 Å². The molecule has 0 aliphatic carbocycles. The second kappa shape index (κ2) is 8.38. The van der Waals surface area contributed by atoms with E-state index in [-0.39, 0.29) is 12.3 Å². The molecule has 0 saturated heterocycles. The van der Waals surface area contributed by atoms with E-state index in [1.807, 2.05) is 44.2 Å². The minimum Gasteiger partial charge on any atom is -0.464 e. The summed E-state index contributed by atoms with van der Waals surface area (Å²) in [4.78, 5) is 29.0. The number of hydrogen-bond donors (Lipinski definition) is 1.